The molecule has 0 spiro atoms. The maximum Gasteiger partial charge on any atom is 0.390 e. The van der Waals surface area contributed by atoms with Crippen LogP contribution in [0.4, 0.5) is 23.9 Å². The molecule has 0 aromatic carbocycles. The van der Waals surface area contributed by atoms with Gasteiger partial charge in [-0.3, -0.25) is 4.79 Å². The first kappa shape index (κ1) is 16.1. The molecule has 1 aromatic heterocycles. The van der Waals surface area contributed by atoms with E-state index >= 15 is 0 Å². The molecule has 0 radical (unpaired) electrons. The van der Waals surface area contributed by atoms with Gasteiger partial charge in [-0.1, -0.05) is 0 Å². The van der Waals surface area contributed by atoms with Gasteiger partial charge in [-0.25, -0.2) is 4.79 Å². The molecule has 5 N–H and O–H groups in total. The number of halogens is 3. The number of ether oxygens (including phenoxy) is 1. The van der Waals surface area contributed by atoms with E-state index < -0.39 is 31.0 Å². The van der Waals surface area contributed by atoms with Crippen LogP contribution >= 0.6 is 11.3 Å². The van der Waals surface area contributed by atoms with Crippen molar-refractivity contribution in [3.8, 4) is 0 Å². The minimum Gasteiger partial charge on any atom is -0.465 e. The van der Waals surface area contributed by atoms with Gasteiger partial charge in [0.05, 0.1) is 24.8 Å². The topological polar surface area (TPSA) is 107 Å². The first-order valence-corrected chi connectivity index (χ1v) is 6.10. The molecule has 0 bridgehead atoms. The third-order valence-electron chi connectivity index (χ3n) is 2.26. The minimum atomic E-state index is -4.34. The highest BCUT2D eigenvalue weighted by Gasteiger charge is 2.28. The third-order valence-corrected chi connectivity index (χ3v) is 3.40. The summed E-state index contributed by atoms with van der Waals surface area (Å²) < 4.78 is 40.6. The van der Waals surface area contributed by atoms with Crippen LogP contribution in [0.1, 0.15) is 26.5 Å². The normalized spacial score (nSPS) is 11.2. The molecule has 0 atom stereocenters. The van der Waals surface area contributed by atoms with Crippen molar-refractivity contribution in [3.05, 3.63) is 10.4 Å². The summed E-state index contributed by atoms with van der Waals surface area (Å²) in [6, 6.07) is 0. The molecule has 112 valence electrons. The highest BCUT2D eigenvalue weighted by atomic mass is 32.1. The van der Waals surface area contributed by atoms with Gasteiger partial charge in [-0.15, -0.1) is 11.3 Å². The summed E-state index contributed by atoms with van der Waals surface area (Å²) in [6.07, 6.45) is -5.44. The van der Waals surface area contributed by atoms with Crippen molar-refractivity contribution in [2.24, 2.45) is 5.73 Å². The highest BCUT2D eigenvalue weighted by molar-refractivity contribution is 7.19. The van der Waals surface area contributed by atoms with Gasteiger partial charge in [0.2, 0.25) is 0 Å². The van der Waals surface area contributed by atoms with Crippen molar-refractivity contribution >= 4 is 33.9 Å². The maximum atomic E-state index is 12.1. The first-order chi connectivity index (χ1) is 9.17. The van der Waals surface area contributed by atoms with Crippen molar-refractivity contribution in [2.75, 3.05) is 24.7 Å². The number of thiophene rings is 1. The average molecular weight is 311 g/mol. The molecule has 1 heterocycles. The predicted molar refractivity (Wildman–Crippen MR) is 67.8 cm³/mol. The van der Waals surface area contributed by atoms with E-state index in [9.17, 15) is 22.8 Å². The molecule has 1 rings (SSSR count). The number of alkyl halides is 3. The summed E-state index contributed by atoms with van der Waals surface area (Å²) in [5, 5.41) is 2.41. The Kier molecular flexibility index (Phi) is 4.82. The van der Waals surface area contributed by atoms with Crippen LogP contribution in [0.25, 0.3) is 0 Å². The van der Waals surface area contributed by atoms with E-state index in [1.165, 1.54) is 0 Å². The zero-order valence-electron chi connectivity index (χ0n) is 10.3. The van der Waals surface area contributed by atoms with Gasteiger partial charge < -0.3 is 21.5 Å². The van der Waals surface area contributed by atoms with E-state index in [-0.39, 0.29) is 21.1 Å². The largest absolute Gasteiger partial charge is 0.465 e. The summed E-state index contributed by atoms with van der Waals surface area (Å²) in [5.74, 6) is -1.73. The second-order valence-electron chi connectivity index (χ2n) is 3.70. The van der Waals surface area contributed by atoms with Gasteiger partial charge in [-0.05, 0) is 0 Å². The molecule has 0 unspecified atom stereocenters. The van der Waals surface area contributed by atoms with Gasteiger partial charge >= 0.3 is 12.1 Å². The summed E-state index contributed by atoms with van der Waals surface area (Å²) in [4.78, 5) is 22.6. The Hall–Kier alpha value is -1.97. The quantitative estimate of drug-likeness (QED) is 0.716. The van der Waals surface area contributed by atoms with Crippen LogP contribution in [0, 0.1) is 0 Å². The zero-order valence-corrected chi connectivity index (χ0v) is 11.2. The van der Waals surface area contributed by atoms with Gasteiger partial charge in [0.15, 0.2) is 0 Å². The summed E-state index contributed by atoms with van der Waals surface area (Å²) in [5.41, 5.74) is 10.3. The maximum absolute atomic E-state index is 12.1. The van der Waals surface area contributed by atoms with Gasteiger partial charge in [0, 0.05) is 6.54 Å². The minimum absolute atomic E-state index is 0.0136. The molecule has 0 fully saturated rings. The fourth-order valence-electron chi connectivity index (χ4n) is 1.38. The van der Waals surface area contributed by atoms with E-state index in [0.29, 0.717) is 0 Å². The van der Waals surface area contributed by atoms with Crippen molar-refractivity contribution in [3.63, 3.8) is 0 Å². The Bertz CT molecular complexity index is 528. The lowest BCUT2D eigenvalue weighted by atomic mass is 10.2. The highest BCUT2D eigenvalue weighted by Crippen LogP contribution is 2.36. The van der Waals surface area contributed by atoms with E-state index in [0.717, 1.165) is 18.4 Å². The molecule has 20 heavy (non-hydrogen) atoms. The lowest BCUT2D eigenvalue weighted by Crippen LogP contribution is -2.18. The number of nitrogens with one attached hydrogen (secondary N) is 1. The smallest absolute Gasteiger partial charge is 0.390 e. The molecule has 0 aliphatic carbocycles. The molecular formula is C10H12F3N3O3S. The SMILES string of the molecule is COC(=O)c1sc(NCCC(F)(F)F)c(C(N)=O)c1N. The van der Waals surface area contributed by atoms with Crippen LogP contribution < -0.4 is 16.8 Å². The molecule has 0 saturated heterocycles. The van der Waals surface area contributed by atoms with Crippen LogP contribution in [0.5, 0.6) is 0 Å². The molecule has 0 saturated carbocycles. The van der Waals surface area contributed by atoms with Crippen molar-refractivity contribution in [1.82, 2.24) is 0 Å². The Balaban J connectivity index is 3.00. The number of carbonyl (C=O) groups is 2. The second kappa shape index (κ2) is 5.99. The number of anilines is 2. The van der Waals surface area contributed by atoms with Crippen LogP contribution in [0.2, 0.25) is 0 Å². The van der Waals surface area contributed by atoms with Crippen LogP contribution in [-0.2, 0) is 4.74 Å². The van der Waals surface area contributed by atoms with E-state index in [1.54, 1.807) is 0 Å². The molecule has 1 amide bonds. The third kappa shape index (κ3) is 3.76. The Morgan fingerprint density at radius 3 is 2.45 bits per heavy atom. The summed E-state index contributed by atoms with van der Waals surface area (Å²) in [7, 11) is 1.11. The van der Waals surface area contributed by atoms with Gasteiger partial charge in [0.1, 0.15) is 9.88 Å². The van der Waals surface area contributed by atoms with Gasteiger partial charge in [-0.2, -0.15) is 13.2 Å². The number of primary amides is 1. The van der Waals surface area contributed by atoms with Crippen molar-refractivity contribution in [2.45, 2.75) is 12.6 Å². The number of hydrogen-bond acceptors (Lipinski definition) is 6. The Morgan fingerprint density at radius 1 is 1.40 bits per heavy atom. The number of nitrogen functional groups attached to an aromatic ring is 1. The van der Waals surface area contributed by atoms with Crippen molar-refractivity contribution < 1.29 is 27.5 Å². The molecule has 6 nitrogen and oxygen atoms in total. The lowest BCUT2D eigenvalue weighted by molar-refractivity contribution is -0.131. The second-order valence-corrected chi connectivity index (χ2v) is 4.72. The number of rotatable bonds is 5. The standard InChI is InChI=1S/C10H12F3N3O3S/c1-19-9(18)6-5(14)4(7(15)17)8(20-6)16-3-2-10(11,12)13/h16H,2-3,14H2,1H3,(H2,15,17). The van der Waals surface area contributed by atoms with Crippen LogP contribution in [-0.4, -0.2) is 31.7 Å². The molecule has 0 aliphatic heterocycles. The number of methoxy groups -OCH3 is 1. The number of nitrogens with two attached hydrogens (primary N) is 2. The van der Waals surface area contributed by atoms with Gasteiger partial charge in [0.25, 0.3) is 5.91 Å². The lowest BCUT2D eigenvalue weighted by Gasteiger charge is -2.08. The number of hydrogen-bond donors (Lipinski definition) is 3. The zero-order chi connectivity index (χ0) is 15.5. The molecule has 10 heteroatoms. The van der Waals surface area contributed by atoms with E-state index in [4.69, 9.17) is 11.5 Å². The average Bonchev–Trinajstić information content (AvgIpc) is 2.63. The number of esters is 1. The van der Waals surface area contributed by atoms with E-state index in [1.807, 2.05) is 0 Å². The fourth-order valence-corrected chi connectivity index (χ4v) is 2.44. The Labute approximate surface area is 115 Å². The summed E-state index contributed by atoms with van der Waals surface area (Å²) in [6.45, 7) is -0.468. The number of carbonyl (C=O) groups excluding carboxylic acids is 2. The monoisotopic (exact) mass is 311 g/mol. The molecular weight excluding hydrogens is 299 g/mol. The van der Waals surface area contributed by atoms with E-state index in [2.05, 4.69) is 10.1 Å². The molecule has 0 aliphatic rings. The first-order valence-electron chi connectivity index (χ1n) is 5.28. The van der Waals surface area contributed by atoms with Crippen molar-refractivity contribution in [1.29, 1.82) is 0 Å². The molecule has 1 aromatic rings. The van der Waals surface area contributed by atoms with Crippen LogP contribution in [0.3, 0.4) is 0 Å². The number of amides is 1. The predicted octanol–water partition coefficient (Wildman–Crippen LogP) is 1.58. The fraction of sp³-hybridized carbons (Fsp3) is 0.400. The van der Waals surface area contributed by atoms with Crippen LogP contribution in [0.15, 0.2) is 0 Å². The summed E-state index contributed by atoms with van der Waals surface area (Å²) >= 11 is 0.719. The Morgan fingerprint density at radius 2 is 2.00 bits per heavy atom.